The van der Waals surface area contributed by atoms with E-state index in [1.54, 1.807) is 20.8 Å². The molecule has 0 bridgehead atoms. The van der Waals surface area contributed by atoms with Crippen LogP contribution in [-0.2, 0) is 22.4 Å². The number of nitrogens with zero attached hydrogens (tertiary/aromatic N) is 1. The molecule has 2 amide bonds. The van der Waals surface area contributed by atoms with Crippen molar-refractivity contribution in [3.63, 3.8) is 0 Å². The van der Waals surface area contributed by atoms with Gasteiger partial charge in [-0.25, -0.2) is 4.79 Å². The first-order valence-corrected chi connectivity index (χ1v) is 14.1. The van der Waals surface area contributed by atoms with Gasteiger partial charge >= 0.3 is 6.09 Å². The van der Waals surface area contributed by atoms with Crippen LogP contribution in [0, 0.1) is 5.41 Å². The van der Waals surface area contributed by atoms with Crippen molar-refractivity contribution in [3.8, 4) is 0 Å². The average Bonchev–Trinajstić information content (AvgIpc) is 2.87. The first-order chi connectivity index (χ1) is 19.1. The first kappa shape index (κ1) is 34.2. The maximum atomic E-state index is 13.1. The molecule has 9 nitrogen and oxygen atoms in total. The van der Waals surface area contributed by atoms with Gasteiger partial charge in [0.2, 0.25) is 5.91 Å². The summed E-state index contributed by atoms with van der Waals surface area (Å²) in [5, 5.41) is 38.5. The number of hydrogen-bond donors (Lipinski definition) is 5. The van der Waals surface area contributed by atoms with E-state index >= 15 is 0 Å². The highest BCUT2D eigenvalue weighted by Crippen LogP contribution is 2.24. The molecule has 2 aromatic rings. The lowest BCUT2D eigenvalue weighted by molar-refractivity contribution is -0.138. The fraction of sp³-hybridized carbons (Fsp3) is 0.562. The fourth-order valence-corrected chi connectivity index (χ4v) is 5.10. The molecule has 9 heteroatoms. The number of ether oxygens (including phenoxy) is 1. The summed E-state index contributed by atoms with van der Waals surface area (Å²) in [6.07, 6.45) is -3.15. The van der Waals surface area contributed by atoms with Crippen LogP contribution in [0.1, 0.15) is 52.7 Å². The minimum atomic E-state index is -1.12. The van der Waals surface area contributed by atoms with Crippen molar-refractivity contribution >= 4 is 12.0 Å². The molecule has 0 aliphatic heterocycles. The summed E-state index contributed by atoms with van der Waals surface area (Å²) in [6, 6.07) is 17.7. The first-order valence-electron chi connectivity index (χ1n) is 14.1. The number of nitrogens with one attached hydrogen (secondary N) is 2. The minimum Gasteiger partial charge on any atom is -0.465 e. The van der Waals surface area contributed by atoms with E-state index in [0.29, 0.717) is 12.8 Å². The van der Waals surface area contributed by atoms with Crippen molar-refractivity contribution in [3.05, 3.63) is 71.8 Å². The zero-order valence-corrected chi connectivity index (χ0v) is 25.5. The Balaban J connectivity index is 2.17. The number of aliphatic hydroxyl groups excluding tert-OH is 2. The largest absolute Gasteiger partial charge is 0.465 e. The van der Waals surface area contributed by atoms with E-state index in [0.717, 1.165) is 11.1 Å². The summed E-state index contributed by atoms with van der Waals surface area (Å²) >= 11 is 0. The zero-order valence-electron chi connectivity index (χ0n) is 25.5. The predicted molar refractivity (Wildman–Crippen MR) is 161 cm³/mol. The third-order valence-corrected chi connectivity index (χ3v) is 7.05. The Hall–Kier alpha value is -2.98. The van der Waals surface area contributed by atoms with Gasteiger partial charge in [0.25, 0.3) is 0 Å². The standard InChI is InChI=1S/C32H49N3O6/c1-31(2,3)28(41-7)29(38)34-24(18-22-14-10-8-11-15-22)26(36)20-33-21-27(37)25(19-23-16-12-9-13-17-23)35(30(39)40)32(4,5)6/h8-17,24-28,33,36-37H,18-21H2,1-7H3,(H,34,38)(H,39,40)/t24-,25-,26+,27+,28?/m0/s1. The van der Waals surface area contributed by atoms with Gasteiger partial charge < -0.3 is 30.7 Å². The smallest absolute Gasteiger partial charge is 0.408 e. The van der Waals surface area contributed by atoms with E-state index in [2.05, 4.69) is 10.6 Å². The van der Waals surface area contributed by atoms with Crippen LogP contribution in [0.25, 0.3) is 0 Å². The van der Waals surface area contributed by atoms with E-state index in [4.69, 9.17) is 4.74 Å². The molecule has 2 aromatic carbocycles. The SMILES string of the molecule is COC(C(=O)N[C@@H](Cc1ccccc1)[C@H](O)CNC[C@@H](O)[C@H](Cc1ccccc1)N(C(=O)O)C(C)(C)C)C(C)(C)C. The minimum absolute atomic E-state index is 0.0448. The third kappa shape index (κ3) is 10.7. The molecule has 0 heterocycles. The van der Waals surface area contributed by atoms with Crippen molar-refractivity contribution in [1.82, 2.24) is 15.5 Å². The van der Waals surface area contributed by atoms with Crippen molar-refractivity contribution < 1.29 is 29.6 Å². The lowest BCUT2D eigenvalue weighted by Gasteiger charge is -2.42. The van der Waals surface area contributed by atoms with Gasteiger partial charge in [-0.1, -0.05) is 81.4 Å². The van der Waals surface area contributed by atoms with Gasteiger partial charge in [0, 0.05) is 25.7 Å². The maximum Gasteiger partial charge on any atom is 0.408 e. The highest BCUT2D eigenvalue weighted by atomic mass is 16.5. The van der Waals surface area contributed by atoms with Crippen molar-refractivity contribution in [2.75, 3.05) is 20.2 Å². The van der Waals surface area contributed by atoms with Gasteiger partial charge in [-0.3, -0.25) is 9.69 Å². The maximum absolute atomic E-state index is 13.1. The highest BCUT2D eigenvalue weighted by Gasteiger charge is 2.38. The Bertz CT molecular complexity index is 1070. The lowest BCUT2D eigenvalue weighted by Crippen LogP contribution is -2.58. The summed E-state index contributed by atoms with van der Waals surface area (Å²) in [7, 11) is 1.49. The van der Waals surface area contributed by atoms with Gasteiger partial charge in [-0.2, -0.15) is 0 Å². The zero-order chi connectivity index (χ0) is 30.8. The number of benzene rings is 2. The van der Waals surface area contributed by atoms with Gasteiger partial charge in [-0.05, 0) is 50.2 Å². The van der Waals surface area contributed by atoms with Crippen LogP contribution in [0.4, 0.5) is 4.79 Å². The summed E-state index contributed by atoms with van der Waals surface area (Å²) in [5.74, 6) is -0.315. The molecule has 0 saturated carbocycles. The number of carboxylic acid groups (broad SMARTS) is 1. The van der Waals surface area contributed by atoms with Crippen molar-refractivity contribution in [1.29, 1.82) is 0 Å². The summed E-state index contributed by atoms with van der Waals surface area (Å²) < 4.78 is 5.47. The molecule has 41 heavy (non-hydrogen) atoms. The second kappa shape index (κ2) is 15.3. The molecule has 0 aliphatic carbocycles. The average molecular weight is 572 g/mol. The summed E-state index contributed by atoms with van der Waals surface area (Å²) in [4.78, 5) is 26.7. The van der Waals surface area contributed by atoms with Crippen LogP contribution >= 0.6 is 0 Å². The number of aliphatic hydroxyl groups is 2. The Morgan fingerprint density at radius 1 is 0.829 bits per heavy atom. The third-order valence-electron chi connectivity index (χ3n) is 7.05. The Morgan fingerprint density at radius 3 is 1.76 bits per heavy atom. The lowest BCUT2D eigenvalue weighted by atomic mass is 9.88. The quantitative estimate of drug-likeness (QED) is 0.235. The van der Waals surface area contributed by atoms with Gasteiger partial charge in [0.15, 0.2) is 0 Å². The Morgan fingerprint density at radius 2 is 1.32 bits per heavy atom. The van der Waals surface area contributed by atoms with Gasteiger partial charge in [0.05, 0.1) is 24.3 Å². The second-order valence-corrected chi connectivity index (χ2v) is 12.7. The molecule has 0 aliphatic rings. The fourth-order valence-electron chi connectivity index (χ4n) is 5.10. The van der Waals surface area contributed by atoms with E-state index < -0.39 is 47.4 Å². The van der Waals surface area contributed by atoms with Crippen LogP contribution in [0.15, 0.2) is 60.7 Å². The summed E-state index contributed by atoms with van der Waals surface area (Å²) in [6.45, 7) is 11.2. The Kier molecular flexibility index (Phi) is 12.8. The van der Waals surface area contributed by atoms with Crippen molar-refractivity contribution in [2.24, 2.45) is 5.41 Å². The van der Waals surface area contributed by atoms with E-state index in [-0.39, 0.29) is 19.0 Å². The van der Waals surface area contributed by atoms with Gasteiger partial charge in [0.1, 0.15) is 6.10 Å². The molecule has 0 saturated heterocycles. The molecule has 5 N–H and O–H groups in total. The van der Waals surface area contributed by atoms with Crippen LogP contribution in [0.5, 0.6) is 0 Å². The number of hydrogen-bond acceptors (Lipinski definition) is 6. The molecule has 0 radical (unpaired) electrons. The van der Waals surface area contributed by atoms with Crippen LogP contribution in [0.2, 0.25) is 0 Å². The molecule has 5 atom stereocenters. The number of amides is 2. The normalized spacial score (nSPS) is 15.8. The molecule has 0 fully saturated rings. The van der Waals surface area contributed by atoms with Gasteiger partial charge in [-0.15, -0.1) is 0 Å². The van der Waals surface area contributed by atoms with Crippen molar-refractivity contribution in [2.45, 2.75) is 90.3 Å². The molecule has 0 aromatic heterocycles. The molecular weight excluding hydrogens is 522 g/mol. The number of carbonyl (C=O) groups is 2. The molecular formula is C32H49N3O6. The highest BCUT2D eigenvalue weighted by molar-refractivity contribution is 5.82. The number of carbonyl (C=O) groups excluding carboxylic acids is 1. The Labute approximate surface area is 244 Å². The molecule has 2 rings (SSSR count). The van der Waals surface area contributed by atoms with Crippen LogP contribution < -0.4 is 10.6 Å². The van der Waals surface area contributed by atoms with E-state index in [9.17, 15) is 24.9 Å². The molecule has 0 spiro atoms. The molecule has 228 valence electrons. The van der Waals surface area contributed by atoms with Crippen LogP contribution in [-0.4, -0.2) is 88.4 Å². The van der Waals surface area contributed by atoms with Crippen LogP contribution in [0.3, 0.4) is 0 Å². The topological polar surface area (TPSA) is 131 Å². The number of rotatable bonds is 14. The van der Waals surface area contributed by atoms with E-state index in [1.165, 1.54) is 12.0 Å². The second-order valence-electron chi connectivity index (χ2n) is 12.7. The number of methoxy groups -OCH3 is 1. The summed E-state index contributed by atoms with van der Waals surface area (Å²) in [5.41, 5.74) is 0.665. The predicted octanol–water partition coefficient (Wildman–Crippen LogP) is 3.48. The monoisotopic (exact) mass is 571 g/mol. The molecule has 1 unspecified atom stereocenters. The van der Waals surface area contributed by atoms with E-state index in [1.807, 2.05) is 81.4 Å².